The maximum Gasteiger partial charge on any atom is 0.410 e. The average Bonchev–Trinajstić information content (AvgIpc) is 2.64. The summed E-state index contributed by atoms with van der Waals surface area (Å²) in [5.41, 5.74) is 5.92. The van der Waals surface area contributed by atoms with E-state index < -0.39 is 17.6 Å². The first-order chi connectivity index (χ1) is 14.2. The van der Waals surface area contributed by atoms with Gasteiger partial charge in [-0.05, 0) is 32.4 Å². The lowest BCUT2D eigenvalue weighted by Crippen LogP contribution is -2.68. The van der Waals surface area contributed by atoms with Gasteiger partial charge >= 0.3 is 12.1 Å². The van der Waals surface area contributed by atoms with Gasteiger partial charge in [-0.3, -0.25) is 9.69 Å². The van der Waals surface area contributed by atoms with Gasteiger partial charge in [0.05, 0.1) is 27.2 Å². The number of thioether (sulfide) groups is 1. The normalized spacial score (nSPS) is 21.8. The number of likely N-dealkylation sites (N-methyl/N-ethyl adjacent to an activating group) is 1. The second-order valence-corrected chi connectivity index (χ2v) is 10.7. The van der Waals surface area contributed by atoms with Gasteiger partial charge in [-0.2, -0.15) is 0 Å². The van der Waals surface area contributed by atoms with E-state index in [1.165, 1.54) is 16.7 Å². The van der Waals surface area contributed by atoms with Crippen molar-refractivity contribution in [2.24, 2.45) is 5.73 Å². The first-order valence-corrected chi connectivity index (χ1v) is 11.4. The third-order valence-electron chi connectivity index (χ3n) is 5.12. The lowest BCUT2D eigenvalue weighted by molar-refractivity contribution is -0.884. The van der Waals surface area contributed by atoms with Crippen LogP contribution in [0.4, 0.5) is 4.79 Å². The molecule has 31 heavy (non-hydrogen) atoms. The highest BCUT2D eigenvalue weighted by Crippen LogP contribution is 2.39. The van der Waals surface area contributed by atoms with Crippen LogP contribution in [0.5, 0.6) is 0 Å². The summed E-state index contributed by atoms with van der Waals surface area (Å²) >= 11 is 1.49. The topological polar surface area (TPSA) is 113 Å². The maximum absolute atomic E-state index is 12.0. The Morgan fingerprint density at radius 3 is 2.61 bits per heavy atom. The first kappa shape index (κ1) is 25.2. The van der Waals surface area contributed by atoms with Crippen molar-refractivity contribution < 1.29 is 28.7 Å². The van der Waals surface area contributed by atoms with E-state index in [0.29, 0.717) is 28.9 Å². The minimum Gasteiger partial charge on any atom is -0.477 e. The molecule has 3 N–H and O–H groups in total. The molecule has 2 rings (SSSR count). The van der Waals surface area contributed by atoms with Crippen molar-refractivity contribution >= 4 is 29.7 Å². The monoisotopic (exact) mass is 455 g/mol. The van der Waals surface area contributed by atoms with Gasteiger partial charge in [0.1, 0.15) is 22.7 Å². The van der Waals surface area contributed by atoms with Crippen molar-refractivity contribution in [1.29, 1.82) is 0 Å². The van der Waals surface area contributed by atoms with Crippen LogP contribution in [0, 0.1) is 0 Å². The molecule has 1 fully saturated rings. The SMILES string of the molecule is CN(CCC[N+](C)(C)C/C=C/C1=C(C(=O)O)N2C(=O)[C@@H](N)[C@H]2SC1)C(=O)OC(C)(C)C. The Hall–Kier alpha value is -2.04. The van der Waals surface area contributed by atoms with E-state index in [0.717, 1.165) is 13.0 Å². The van der Waals surface area contributed by atoms with Crippen molar-refractivity contribution in [3.05, 3.63) is 23.4 Å². The summed E-state index contributed by atoms with van der Waals surface area (Å²) in [4.78, 5) is 38.7. The molecule has 0 aromatic carbocycles. The Kier molecular flexibility index (Phi) is 7.83. The number of β-lactam (4-membered cyclic amide) rings is 1. The fourth-order valence-corrected chi connectivity index (χ4v) is 4.67. The molecule has 0 unspecified atom stereocenters. The van der Waals surface area contributed by atoms with Crippen molar-refractivity contribution in [3.63, 3.8) is 0 Å². The van der Waals surface area contributed by atoms with Gasteiger partial charge in [-0.15, -0.1) is 11.8 Å². The molecular weight excluding hydrogens is 420 g/mol. The number of amides is 2. The van der Waals surface area contributed by atoms with Crippen LogP contribution < -0.4 is 5.73 Å². The van der Waals surface area contributed by atoms with Crippen molar-refractivity contribution in [2.75, 3.05) is 46.5 Å². The van der Waals surface area contributed by atoms with Crippen LogP contribution in [0.1, 0.15) is 27.2 Å². The van der Waals surface area contributed by atoms with Crippen molar-refractivity contribution in [1.82, 2.24) is 9.80 Å². The minimum absolute atomic E-state index is 0.0380. The number of carboxylic acids is 1. The Morgan fingerprint density at radius 2 is 2.03 bits per heavy atom. The molecule has 2 atom stereocenters. The van der Waals surface area contributed by atoms with E-state index in [-0.39, 0.29) is 23.1 Å². The molecule has 2 aliphatic heterocycles. The predicted molar refractivity (Wildman–Crippen MR) is 120 cm³/mol. The smallest absolute Gasteiger partial charge is 0.410 e. The third-order valence-corrected chi connectivity index (χ3v) is 6.45. The van der Waals surface area contributed by atoms with Crippen LogP contribution in [0.3, 0.4) is 0 Å². The van der Waals surface area contributed by atoms with E-state index in [9.17, 15) is 19.5 Å². The number of aliphatic carboxylic acids is 1. The molecule has 174 valence electrons. The number of carbonyl (C=O) groups is 3. The number of nitrogens with two attached hydrogens (primary N) is 1. The second kappa shape index (κ2) is 9.62. The summed E-state index contributed by atoms with van der Waals surface area (Å²) in [6.07, 6.45) is 4.22. The molecule has 0 radical (unpaired) electrons. The minimum atomic E-state index is -1.11. The van der Waals surface area contributed by atoms with E-state index in [1.807, 2.05) is 26.8 Å². The fourth-order valence-electron chi connectivity index (χ4n) is 3.41. The molecule has 2 amide bonds. The Bertz CT molecular complexity index is 787. The van der Waals surface area contributed by atoms with Gasteiger partial charge in [0.2, 0.25) is 5.91 Å². The van der Waals surface area contributed by atoms with Gasteiger partial charge in [-0.25, -0.2) is 9.59 Å². The van der Waals surface area contributed by atoms with Gasteiger partial charge < -0.3 is 25.0 Å². The second-order valence-electron chi connectivity index (χ2n) is 9.61. The summed E-state index contributed by atoms with van der Waals surface area (Å²) in [6, 6.07) is -0.626. The van der Waals surface area contributed by atoms with E-state index in [4.69, 9.17) is 10.5 Å². The van der Waals surface area contributed by atoms with Crippen LogP contribution in [-0.2, 0) is 14.3 Å². The highest BCUT2D eigenvalue weighted by Gasteiger charge is 2.51. The third kappa shape index (κ3) is 6.47. The lowest BCUT2D eigenvalue weighted by atomic mass is 10.0. The van der Waals surface area contributed by atoms with Crippen molar-refractivity contribution in [3.8, 4) is 0 Å². The van der Waals surface area contributed by atoms with E-state index in [1.54, 1.807) is 18.0 Å². The zero-order chi connectivity index (χ0) is 23.6. The number of nitrogens with zero attached hydrogens (tertiary/aromatic N) is 3. The predicted octanol–water partition coefficient (Wildman–Crippen LogP) is 1.46. The number of fused-ring (bicyclic) bond motifs is 1. The molecule has 2 aliphatic rings. The molecule has 0 spiro atoms. The number of ether oxygens (including phenoxy) is 1. The average molecular weight is 456 g/mol. The number of hydrogen-bond acceptors (Lipinski definition) is 6. The Morgan fingerprint density at radius 1 is 1.39 bits per heavy atom. The number of hydrogen-bond donors (Lipinski definition) is 2. The van der Waals surface area contributed by atoms with E-state index >= 15 is 0 Å². The highest BCUT2D eigenvalue weighted by atomic mass is 32.2. The standard InChI is InChI=1S/C21H34N4O5S/c1-21(2,3)30-20(29)23(4)10-8-12-25(5,6)11-7-9-14-13-31-18-15(22)17(26)24(18)16(14)19(27)28/h7,9,15,18H,8,10-13,22H2,1-6H3/p+1/b9-7+/t15-,18-/m1/s1. The first-order valence-electron chi connectivity index (χ1n) is 10.3. The Labute approximate surface area is 188 Å². The summed E-state index contributed by atoms with van der Waals surface area (Å²) in [6.45, 7) is 7.63. The largest absolute Gasteiger partial charge is 0.477 e. The van der Waals surface area contributed by atoms with Gasteiger partial charge in [-0.1, -0.05) is 6.08 Å². The van der Waals surface area contributed by atoms with Crippen LogP contribution >= 0.6 is 11.8 Å². The molecule has 0 aromatic heterocycles. The van der Waals surface area contributed by atoms with Gasteiger partial charge in [0.25, 0.3) is 0 Å². The van der Waals surface area contributed by atoms with E-state index in [2.05, 4.69) is 14.1 Å². The Balaban J connectivity index is 1.90. The molecular formula is C21H35N4O5S+. The molecule has 1 saturated heterocycles. The lowest BCUT2D eigenvalue weighted by Gasteiger charge is -2.47. The summed E-state index contributed by atoms with van der Waals surface area (Å²) in [5.74, 6) is -0.941. The highest BCUT2D eigenvalue weighted by molar-refractivity contribution is 8.00. The van der Waals surface area contributed by atoms with Crippen molar-refractivity contribution in [2.45, 2.75) is 44.2 Å². The van der Waals surface area contributed by atoms with Crippen LogP contribution in [0.2, 0.25) is 0 Å². The quantitative estimate of drug-likeness (QED) is 0.421. The fraction of sp³-hybridized carbons (Fsp3) is 0.667. The molecule has 10 heteroatoms. The van der Waals surface area contributed by atoms with Crippen LogP contribution in [0.25, 0.3) is 0 Å². The number of quaternary nitrogens is 1. The van der Waals surface area contributed by atoms with Crippen LogP contribution in [0.15, 0.2) is 23.4 Å². The summed E-state index contributed by atoms with van der Waals surface area (Å²) in [5, 5.41) is 9.31. The number of allylic oxidation sites excluding steroid dienone is 1. The van der Waals surface area contributed by atoms with Crippen LogP contribution in [-0.4, -0.2) is 101 Å². The van der Waals surface area contributed by atoms with Gasteiger partial charge in [0, 0.05) is 25.8 Å². The van der Waals surface area contributed by atoms with Gasteiger partial charge in [0.15, 0.2) is 0 Å². The number of carbonyl (C=O) groups excluding carboxylic acids is 2. The summed E-state index contributed by atoms with van der Waals surface area (Å²) < 4.78 is 6.04. The molecule has 9 nitrogen and oxygen atoms in total. The summed E-state index contributed by atoms with van der Waals surface area (Å²) in [7, 11) is 5.88. The number of rotatable bonds is 8. The number of carboxylic acid groups (broad SMARTS) is 1. The molecule has 0 aliphatic carbocycles. The molecule has 0 aromatic rings. The molecule has 0 saturated carbocycles. The molecule has 0 bridgehead atoms. The zero-order valence-corrected chi connectivity index (χ0v) is 20.1. The maximum atomic E-state index is 12.0. The molecule has 2 heterocycles. The zero-order valence-electron chi connectivity index (χ0n) is 19.3.